The van der Waals surface area contributed by atoms with Gasteiger partial charge in [-0.1, -0.05) is 32.3 Å². The van der Waals surface area contributed by atoms with E-state index in [0.29, 0.717) is 17.8 Å². The standard InChI is InChI=1S/C26H25FN4O3/c1-2-20-21(25(33)31(28-20)19-13-11-17(27)12-14-19)22-23(29-15-7-4-8-16-29)26(34)30(24(22)32)18-9-5-3-6-10-18/h4,7-8,11-16,18H,2-3,5-6,9-10H2,1H3/p+1. The molecule has 3 aromatic rings. The van der Waals surface area contributed by atoms with Gasteiger partial charge in [-0.05, 0) is 43.5 Å². The zero-order valence-electron chi connectivity index (χ0n) is 19.0. The van der Waals surface area contributed by atoms with Crippen LogP contribution in [0, 0.1) is 5.82 Å². The van der Waals surface area contributed by atoms with E-state index >= 15 is 0 Å². The third-order valence-electron chi connectivity index (χ3n) is 6.66. The van der Waals surface area contributed by atoms with Crippen LogP contribution in [0.2, 0.25) is 0 Å². The lowest BCUT2D eigenvalue weighted by Crippen LogP contribution is -2.45. The first-order valence-corrected chi connectivity index (χ1v) is 11.7. The molecule has 0 atom stereocenters. The molecule has 5 rings (SSSR count). The van der Waals surface area contributed by atoms with E-state index in [-0.39, 0.29) is 28.8 Å². The van der Waals surface area contributed by atoms with Gasteiger partial charge in [-0.3, -0.25) is 24.4 Å². The molecule has 2 aromatic heterocycles. The van der Waals surface area contributed by atoms with Crippen LogP contribution in [-0.4, -0.2) is 32.5 Å². The van der Waals surface area contributed by atoms with Crippen LogP contribution in [-0.2, 0) is 16.0 Å². The van der Waals surface area contributed by atoms with Gasteiger partial charge in [0.2, 0.25) is 0 Å². The van der Waals surface area contributed by atoms with Crippen LogP contribution in [0.5, 0.6) is 0 Å². The smallest absolute Gasteiger partial charge is 0.294 e. The lowest BCUT2D eigenvalue weighted by atomic mass is 9.94. The number of aryl methyl sites for hydroxylation is 1. The number of aromatic amines is 1. The number of amides is 2. The van der Waals surface area contributed by atoms with E-state index in [9.17, 15) is 18.8 Å². The summed E-state index contributed by atoms with van der Waals surface area (Å²) in [6.07, 6.45) is 8.42. The lowest BCUT2D eigenvalue weighted by Gasteiger charge is -2.29. The van der Waals surface area contributed by atoms with Crippen LogP contribution in [0.15, 0.2) is 59.7 Å². The van der Waals surface area contributed by atoms with Gasteiger partial charge in [0.05, 0.1) is 11.3 Å². The lowest BCUT2D eigenvalue weighted by molar-refractivity contribution is -0.576. The summed E-state index contributed by atoms with van der Waals surface area (Å²) in [5.41, 5.74) is 1.04. The van der Waals surface area contributed by atoms with Crippen molar-refractivity contribution >= 4 is 23.1 Å². The van der Waals surface area contributed by atoms with Gasteiger partial charge >= 0.3 is 5.91 Å². The number of nitrogens with one attached hydrogen (secondary N) is 1. The van der Waals surface area contributed by atoms with E-state index in [1.54, 1.807) is 29.1 Å². The van der Waals surface area contributed by atoms with Crippen LogP contribution in [0.25, 0.3) is 17.0 Å². The highest BCUT2D eigenvalue weighted by atomic mass is 19.1. The van der Waals surface area contributed by atoms with Crippen molar-refractivity contribution in [2.45, 2.75) is 51.5 Å². The van der Waals surface area contributed by atoms with Gasteiger partial charge in [0.25, 0.3) is 17.2 Å². The molecule has 0 bridgehead atoms. The summed E-state index contributed by atoms with van der Waals surface area (Å²) in [5.74, 6) is -1.22. The number of halogens is 1. The first kappa shape index (κ1) is 22.0. The molecule has 0 spiro atoms. The monoisotopic (exact) mass is 461 g/mol. The molecule has 0 radical (unpaired) electrons. The third-order valence-corrected chi connectivity index (χ3v) is 6.66. The van der Waals surface area contributed by atoms with Crippen molar-refractivity contribution in [3.8, 4) is 5.69 Å². The number of carbonyl (C=O) groups is 2. The molecule has 1 fully saturated rings. The average molecular weight is 462 g/mol. The maximum Gasteiger partial charge on any atom is 0.327 e. The van der Waals surface area contributed by atoms with E-state index in [1.807, 2.05) is 13.0 Å². The molecular weight excluding hydrogens is 435 g/mol. The van der Waals surface area contributed by atoms with Crippen LogP contribution in [0.1, 0.15) is 50.3 Å². The number of hydrogen-bond donors (Lipinski definition) is 1. The largest absolute Gasteiger partial charge is 0.327 e. The Morgan fingerprint density at radius 2 is 1.65 bits per heavy atom. The number of benzene rings is 1. The summed E-state index contributed by atoms with van der Waals surface area (Å²) in [6, 6.07) is 10.7. The summed E-state index contributed by atoms with van der Waals surface area (Å²) < 4.78 is 16.4. The minimum Gasteiger partial charge on any atom is -0.294 e. The van der Waals surface area contributed by atoms with Crippen molar-refractivity contribution in [2.75, 3.05) is 0 Å². The Labute approximate surface area is 196 Å². The third kappa shape index (κ3) is 3.59. The van der Waals surface area contributed by atoms with Gasteiger partial charge in [0.1, 0.15) is 11.4 Å². The van der Waals surface area contributed by atoms with Crippen LogP contribution in [0.3, 0.4) is 0 Å². The molecule has 1 aromatic carbocycles. The van der Waals surface area contributed by atoms with E-state index in [1.165, 1.54) is 33.8 Å². The van der Waals surface area contributed by atoms with Crippen LogP contribution >= 0.6 is 0 Å². The number of carbonyl (C=O) groups excluding carboxylic acids is 2. The SMILES string of the molecule is CCc1[nH]n(-c2ccc(F)cc2)c(=O)c1C1=C([n+]2ccccc2)C(=O)N(C2CCCCC2)C1=O. The summed E-state index contributed by atoms with van der Waals surface area (Å²) in [5, 5.41) is 3.07. The zero-order valence-corrected chi connectivity index (χ0v) is 19.0. The van der Waals surface area contributed by atoms with Crippen molar-refractivity contribution in [1.29, 1.82) is 0 Å². The molecule has 1 N–H and O–H groups in total. The normalized spacial score (nSPS) is 17.2. The van der Waals surface area contributed by atoms with Gasteiger partial charge in [0.15, 0.2) is 12.4 Å². The van der Waals surface area contributed by atoms with Gasteiger partial charge in [-0.2, -0.15) is 4.57 Å². The number of hydrogen-bond acceptors (Lipinski definition) is 3. The molecule has 1 saturated carbocycles. The van der Waals surface area contributed by atoms with Gasteiger partial charge < -0.3 is 0 Å². The molecular formula is C26H26FN4O3+. The maximum absolute atomic E-state index is 13.8. The second kappa shape index (κ2) is 8.85. The Bertz CT molecular complexity index is 1330. The maximum atomic E-state index is 13.8. The molecule has 2 aliphatic rings. The van der Waals surface area contributed by atoms with Crippen molar-refractivity contribution in [2.24, 2.45) is 0 Å². The van der Waals surface area contributed by atoms with Crippen molar-refractivity contribution < 1.29 is 18.5 Å². The second-order valence-electron chi connectivity index (χ2n) is 8.71. The molecule has 174 valence electrons. The molecule has 3 heterocycles. The summed E-state index contributed by atoms with van der Waals surface area (Å²) >= 11 is 0. The fraction of sp³-hybridized carbons (Fsp3) is 0.308. The topological polar surface area (TPSA) is 79.1 Å². The Morgan fingerprint density at radius 3 is 2.29 bits per heavy atom. The molecule has 1 aliphatic carbocycles. The van der Waals surface area contributed by atoms with Crippen molar-refractivity contribution in [1.82, 2.24) is 14.7 Å². The van der Waals surface area contributed by atoms with Crippen LogP contribution in [0.4, 0.5) is 4.39 Å². The first-order valence-electron chi connectivity index (χ1n) is 11.7. The van der Waals surface area contributed by atoms with E-state index in [4.69, 9.17) is 0 Å². The minimum atomic E-state index is -0.445. The Kier molecular flexibility index (Phi) is 5.73. The van der Waals surface area contributed by atoms with Gasteiger partial charge in [-0.25, -0.2) is 9.07 Å². The second-order valence-corrected chi connectivity index (χ2v) is 8.71. The van der Waals surface area contributed by atoms with E-state index in [2.05, 4.69) is 5.10 Å². The first-order chi connectivity index (χ1) is 16.5. The Morgan fingerprint density at radius 1 is 0.971 bits per heavy atom. The fourth-order valence-electron chi connectivity index (χ4n) is 4.99. The van der Waals surface area contributed by atoms with Crippen molar-refractivity contribution in [3.63, 3.8) is 0 Å². The fourth-order valence-corrected chi connectivity index (χ4v) is 4.99. The minimum absolute atomic E-state index is 0.116. The van der Waals surface area contributed by atoms with Crippen LogP contribution < -0.4 is 10.1 Å². The highest BCUT2D eigenvalue weighted by Gasteiger charge is 2.49. The molecule has 1 aliphatic heterocycles. The molecule has 0 saturated heterocycles. The predicted molar refractivity (Wildman–Crippen MR) is 124 cm³/mol. The molecule has 8 heteroatoms. The predicted octanol–water partition coefficient (Wildman–Crippen LogP) is 3.22. The number of pyridine rings is 1. The highest BCUT2D eigenvalue weighted by Crippen LogP contribution is 2.35. The summed E-state index contributed by atoms with van der Waals surface area (Å²) in [6.45, 7) is 1.87. The summed E-state index contributed by atoms with van der Waals surface area (Å²) in [7, 11) is 0. The van der Waals surface area contributed by atoms with E-state index in [0.717, 1.165) is 32.1 Å². The molecule has 0 unspecified atom stereocenters. The number of H-pyrrole nitrogens is 1. The number of aromatic nitrogens is 3. The number of imide groups is 1. The molecule has 7 nitrogen and oxygen atoms in total. The van der Waals surface area contributed by atoms with Gasteiger partial charge in [-0.15, -0.1) is 0 Å². The number of nitrogens with zero attached hydrogens (tertiary/aromatic N) is 3. The molecule has 34 heavy (non-hydrogen) atoms. The zero-order chi connectivity index (χ0) is 23.8. The average Bonchev–Trinajstić information content (AvgIpc) is 3.32. The molecule has 2 amide bonds. The van der Waals surface area contributed by atoms with E-state index < -0.39 is 17.3 Å². The summed E-state index contributed by atoms with van der Waals surface area (Å²) in [4.78, 5) is 42.5. The Hall–Kier alpha value is -3.81. The number of rotatable bonds is 5. The van der Waals surface area contributed by atoms with Gasteiger partial charge in [0, 0.05) is 23.9 Å². The van der Waals surface area contributed by atoms with Crippen molar-refractivity contribution in [3.05, 3.63) is 82.3 Å². The Balaban J connectivity index is 1.71. The highest BCUT2D eigenvalue weighted by molar-refractivity contribution is 6.44. The quantitative estimate of drug-likeness (QED) is 0.468.